The minimum atomic E-state index is -0.953. The van der Waals surface area contributed by atoms with Crippen LogP contribution < -0.4 is 15.4 Å². The van der Waals surface area contributed by atoms with E-state index in [1.54, 1.807) is 18.3 Å². The van der Waals surface area contributed by atoms with Crippen LogP contribution in [-0.2, 0) is 5.60 Å². The van der Waals surface area contributed by atoms with Crippen LogP contribution in [0.2, 0.25) is 0 Å². The van der Waals surface area contributed by atoms with Crippen molar-refractivity contribution in [2.45, 2.75) is 32.3 Å². The molecule has 0 bridgehead atoms. The van der Waals surface area contributed by atoms with Crippen LogP contribution in [0.3, 0.4) is 0 Å². The Morgan fingerprint density at radius 2 is 1.96 bits per heavy atom. The van der Waals surface area contributed by atoms with Crippen LogP contribution in [0.5, 0.6) is 5.75 Å². The molecule has 0 aliphatic heterocycles. The van der Waals surface area contributed by atoms with E-state index in [9.17, 15) is 5.11 Å². The Labute approximate surface area is 183 Å². The standard InChI is InChI=1S/C20H29N3O2S.HI/c1-3-21-19(23-16-20(2,24)17-11-14-26-15-17)22-12-7-8-13-25-18-9-5-4-6-10-18;/h4-6,9-11,14-15,24H,3,7-8,12-13,16H2,1-2H3,(H2,21,22,23);1H. The van der Waals surface area contributed by atoms with E-state index in [0.717, 1.165) is 43.2 Å². The quantitative estimate of drug-likeness (QED) is 0.199. The fourth-order valence-corrected chi connectivity index (χ4v) is 3.16. The normalized spacial score (nSPS) is 13.4. The summed E-state index contributed by atoms with van der Waals surface area (Å²) in [5.41, 5.74) is -0.0496. The molecular weight excluding hydrogens is 473 g/mol. The lowest BCUT2D eigenvalue weighted by Gasteiger charge is -2.21. The smallest absolute Gasteiger partial charge is 0.191 e. The minimum Gasteiger partial charge on any atom is -0.494 e. The summed E-state index contributed by atoms with van der Waals surface area (Å²) in [7, 11) is 0. The fourth-order valence-electron chi connectivity index (χ4n) is 2.38. The van der Waals surface area contributed by atoms with Crippen LogP contribution in [0.25, 0.3) is 0 Å². The Morgan fingerprint density at radius 3 is 2.63 bits per heavy atom. The Balaban J connectivity index is 0.00000364. The summed E-state index contributed by atoms with van der Waals surface area (Å²) in [5.74, 6) is 1.64. The van der Waals surface area contributed by atoms with E-state index in [0.29, 0.717) is 13.2 Å². The van der Waals surface area contributed by atoms with Gasteiger partial charge >= 0.3 is 0 Å². The van der Waals surface area contributed by atoms with Crippen LogP contribution in [0.15, 0.2) is 52.2 Å². The number of hydrogen-bond donors (Lipinski definition) is 3. The van der Waals surface area contributed by atoms with Gasteiger partial charge in [-0.05, 0) is 61.2 Å². The van der Waals surface area contributed by atoms with Crippen LogP contribution in [0.1, 0.15) is 32.3 Å². The molecule has 0 saturated carbocycles. The van der Waals surface area contributed by atoms with Crippen molar-refractivity contribution in [3.8, 4) is 5.75 Å². The molecule has 0 aliphatic carbocycles. The number of ether oxygens (including phenoxy) is 1. The number of aliphatic imine (C=N–C) groups is 1. The Morgan fingerprint density at radius 1 is 1.19 bits per heavy atom. The predicted octanol–water partition coefficient (Wildman–Crippen LogP) is 3.99. The van der Waals surface area contributed by atoms with E-state index in [4.69, 9.17) is 4.74 Å². The number of rotatable bonds is 10. The van der Waals surface area contributed by atoms with Crippen molar-refractivity contribution >= 4 is 41.3 Å². The Hall–Kier alpha value is -1.32. The number of nitrogens with one attached hydrogen (secondary N) is 2. The van der Waals surface area contributed by atoms with Crippen LogP contribution in [0.4, 0.5) is 0 Å². The van der Waals surface area contributed by atoms with Gasteiger partial charge in [-0.15, -0.1) is 24.0 Å². The average molecular weight is 503 g/mol. The van der Waals surface area contributed by atoms with Gasteiger partial charge in [0.25, 0.3) is 0 Å². The van der Waals surface area contributed by atoms with E-state index in [1.165, 1.54) is 0 Å². The van der Waals surface area contributed by atoms with E-state index in [1.807, 2.05) is 54.1 Å². The lowest BCUT2D eigenvalue weighted by molar-refractivity contribution is 0.0677. The molecule has 7 heteroatoms. The topological polar surface area (TPSA) is 65.9 Å². The molecule has 1 aromatic carbocycles. The largest absolute Gasteiger partial charge is 0.494 e. The summed E-state index contributed by atoms with van der Waals surface area (Å²) < 4.78 is 5.69. The van der Waals surface area contributed by atoms with Gasteiger partial charge in [0.15, 0.2) is 5.96 Å². The predicted molar refractivity (Wildman–Crippen MR) is 124 cm³/mol. The number of nitrogens with zero attached hydrogens (tertiary/aromatic N) is 1. The third-order valence-electron chi connectivity index (χ3n) is 3.91. The number of thiophene rings is 1. The molecule has 2 aromatic rings. The number of para-hydroxylation sites is 1. The Kier molecular flexibility index (Phi) is 11.4. The summed E-state index contributed by atoms with van der Waals surface area (Å²) in [6, 6.07) is 11.8. The second-order valence-electron chi connectivity index (χ2n) is 6.28. The second-order valence-corrected chi connectivity index (χ2v) is 7.06. The summed E-state index contributed by atoms with van der Waals surface area (Å²) in [6.45, 7) is 6.43. The van der Waals surface area contributed by atoms with Gasteiger partial charge in [-0.3, -0.25) is 0 Å². The first-order valence-corrected chi connectivity index (χ1v) is 10.0. The van der Waals surface area contributed by atoms with Crippen molar-refractivity contribution in [2.24, 2.45) is 4.99 Å². The van der Waals surface area contributed by atoms with Gasteiger partial charge in [-0.2, -0.15) is 11.3 Å². The van der Waals surface area contributed by atoms with Gasteiger partial charge in [0.2, 0.25) is 0 Å². The average Bonchev–Trinajstić information content (AvgIpc) is 3.19. The molecule has 0 spiro atoms. The maximum Gasteiger partial charge on any atom is 0.191 e. The van der Waals surface area contributed by atoms with Crippen LogP contribution >= 0.6 is 35.3 Å². The first kappa shape index (κ1) is 23.7. The van der Waals surface area contributed by atoms with Crippen molar-refractivity contribution in [3.63, 3.8) is 0 Å². The van der Waals surface area contributed by atoms with Gasteiger partial charge in [-0.25, -0.2) is 4.99 Å². The number of aliphatic hydroxyl groups is 1. The Bertz CT molecular complexity index is 649. The number of benzene rings is 1. The van der Waals surface area contributed by atoms with Crippen LogP contribution in [0, 0.1) is 0 Å². The maximum atomic E-state index is 10.6. The lowest BCUT2D eigenvalue weighted by atomic mass is 10.00. The lowest BCUT2D eigenvalue weighted by Crippen LogP contribution is -2.39. The molecule has 0 aliphatic rings. The van der Waals surface area contributed by atoms with Gasteiger partial charge in [-0.1, -0.05) is 18.2 Å². The van der Waals surface area contributed by atoms with Crippen molar-refractivity contribution in [1.29, 1.82) is 0 Å². The highest BCUT2D eigenvalue weighted by Crippen LogP contribution is 2.23. The molecule has 0 fully saturated rings. The molecule has 27 heavy (non-hydrogen) atoms. The van der Waals surface area contributed by atoms with Crippen molar-refractivity contribution in [1.82, 2.24) is 10.6 Å². The summed E-state index contributed by atoms with van der Waals surface area (Å²) in [5, 5.41) is 21.0. The summed E-state index contributed by atoms with van der Waals surface area (Å²) in [4.78, 5) is 4.52. The summed E-state index contributed by atoms with van der Waals surface area (Å²) in [6.07, 6.45) is 1.95. The first-order valence-electron chi connectivity index (χ1n) is 9.07. The molecule has 0 radical (unpaired) electrons. The molecule has 0 amide bonds. The highest BCUT2D eigenvalue weighted by Gasteiger charge is 2.23. The zero-order valence-electron chi connectivity index (χ0n) is 16.0. The van der Waals surface area contributed by atoms with Crippen molar-refractivity contribution in [2.75, 3.05) is 26.2 Å². The first-order chi connectivity index (χ1) is 12.6. The highest BCUT2D eigenvalue weighted by molar-refractivity contribution is 14.0. The maximum absolute atomic E-state index is 10.6. The molecule has 0 saturated heterocycles. The number of guanidine groups is 1. The molecule has 1 atom stereocenters. The number of hydrogen-bond acceptors (Lipinski definition) is 4. The molecule has 1 aromatic heterocycles. The molecule has 3 N–H and O–H groups in total. The molecule has 150 valence electrons. The van der Waals surface area contributed by atoms with Crippen LogP contribution in [-0.4, -0.2) is 37.3 Å². The van der Waals surface area contributed by atoms with Gasteiger partial charge < -0.3 is 20.5 Å². The van der Waals surface area contributed by atoms with E-state index >= 15 is 0 Å². The monoisotopic (exact) mass is 503 g/mol. The van der Waals surface area contributed by atoms with Crippen molar-refractivity contribution < 1.29 is 9.84 Å². The molecule has 1 heterocycles. The van der Waals surface area contributed by atoms with Gasteiger partial charge in [0.1, 0.15) is 11.4 Å². The summed E-state index contributed by atoms with van der Waals surface area (Å²) >= 11 is 1.58. The zero-order valence-corrected chi connectivity index (χ0v) is 19.1. The number of halogens is 1. The zero-order chi connectivity index (χ0) is 18.7. The van der Waals surface area contributed by atoms with Crippen molar-refractivity contribution in [3.05, 3.63) is 52.7 Å². The molecule has 2 rings (SSSR count). The van der Waals surface area contributed by atoms with Gasteiger partial charge in [0, 0.05) is 13.1 Å². The fraction of sp³-hybridized carbons (Fsp3) is 0.450. The molecule has 5 nitrogen and oxygen atoms in total. The minimum absolute atomic E-state index is 0. The highest BCUT2D eigenvalue weighted by atomic mass is 127. The van der Waals surface area contributed by atoms with Gasteiger partial charge in [0.05, 0.1) is 13.2 Å². The third-order valence-corrected chi connectivity index (χ3v) is 4.59. The molecular formula is C20H30IN3O2S. The molecule has 1 unspecified atom stereocenters. The third kappa shape index (κ3) is 8.94. The SMILES string of the molecule is CCNC(=NCC(C)(O)c1ccsc1)NCCCCOc1ccccc1.I. The van der Waals surface area contributed by atoms with E-state index < -0.39 is 5.60 Å². The van der Waals surface area contributed by atoms with E-state index in [2.05, 4.69) is 15.6 Å². The second kappa shape index (κ2) is 13.0. The number of unbranched alkanes of at least 4 members (excludes halogenated alkanes) is 1. The van der Waals surface area contributed by atoms with E-state index in [-0.39, 0.29) is 24.0 Å².